The molecule has 6 N–H and O–H groups in total. The summed E-state index contributed by atoms with van der Waals surface area (Å²) in [6.07, 6.45) is 1.78. The van der Waals surface area contributed by atoms with Crippen LogP contribution in [0.2, 0.25) is 0 Å². The van der Waals surface area contributed by atoms with Crippen LogP contribution in [0.3, 0.4) is 0 Å². The lowest BCUT2D eigenvalue weighted by atomic mass is 10.1. The number of hydrogen-bond acceptors (Lipinski definition) is 6. The summed E-state index contributed by atoms with van der Waals surface area (Å²) >= 11 is 0. The van der Waals surface area contributed by atoms with Crippen LogP contribution in [0.25, 0.3) is 10.9 Å². The van der Waals surface area contributed by atoms with Crippen LogP contribution in [0, 0.1) is 0 Å². The van der Waals surface area contributed by atoms with Crippen molar-refractivity contribution in [2.75, 3.05) is 29.6 Å². The maximum atomic E-state index is 12.8. The first kappa shape index (κ1) is 24.2. The van der Waals surface area contributed by atoms with E-state index in [1.54, 1.807) is 31.3 Å². The second kappa shape index (κ2) is 10.6. The van der Waals surface area contributed by atoms with Gasteiger partial charge in [0.25, 0.3) is 5.91 Å². The minimum Gasteiger partial charge on any atom is -0.378 e. The summed E-state index contributed by atoms with van der Waals surface area (Å²) in [4.78, 5) is 19.3. The van der Waals surface area contributed by atoms with E-state index in [0.29, 0.717) is 17.0 Å². The van der Waals surface area contributed by atoms with Crippen LogP contribution in [0.15, 0.2) is 89.2 Å². The number of amides is 1. The van der Waals surface area contributed by atoms with E-state index in [1.807, 2.05) is 62.6 Å². The van der Waals surface area contributed by atoms with Gasteiger partial charge in [-0.25, -0.2) is 0 Å². The van der Waals surface area contributed by atoms with Gasteiger partial charge in [-0.2, -0.15) is 5.10 Å². The number of guanidine groups is 1. The third-order valence-electron chi connectivity index (χ3n) is 5.52. The van der Waals surface area contributed by atoms with Gasteiger partial charge in [0.1, 0.15) is 0 Å². The van der Waals surface area contributed by atoms with Crippen molar-refractivity contribution in [1.82, 2.24) is 4.98 Å². The fourth-order valence-electron chi connectivity index (χ4n) is 3.59. The van der Waals surface area contributed by atoms with Crippen molar-refractivity contribution >= 4 is 51.2 Å². The van der Waals surface area contributed by atoms with Crippen molar-refractivity contribution in [3.8, 4) is 0 Å². The van der Waals surface area contributed by atoms with Gasteiger partial charge >= 0.3 is 0 Å². The van der Waals surface area contributed by atoms with Crippen LogP contribution in [-0.4, -0.2) is 36.7 Å². The summed E-state index contributed by atoms with van der Waals surface area (Å²) in [6.45, 7) is 1.77. The van der Waals surface area contributed by atoms with Gasteiger partial charge in [-0.15, -0.1) is 5.10 Å². The van der Waals surface area contributed by atoms with E-state index in [1.165, 1.54) is 0 Å². The number of nitrogens with two attached hydrogens (primary N) is 2. The first-order valence-electron chi connectivity index (χ1n) is 11.3. The van der Waals surface area contributed by atoms with Crippen molar-refractivity contribution in [3.63, 3.8) is 0 Å². The summed E-state index contributed by atoms with van der Waals surface area (Å²) in [5.74, 6) is -0.361. The van der Waals surface area contributed by atoms with Gasteiger partial charge in [0.05, 0.1) is 11.2 Å². The van der Waals surface area contributed by atoms with Gasteiger partial charge in [-0.1, -0.05) is 12.1 Å². The number of anilines is 4. The summed E-state index contributed by atoms with van der Waals surface area (Å²) in [5, 5.41) is 15.0. The fraction of sp³-hybridized carbons (Fsp3) is 0.111. The number of nitrogens with one attached hydrogen (secondary N) is 2. The molecule has 0 bridgehead atoms. The lowest BCUT2D eigenvalue weighted by Crippen LogP contribution is -2.22. The summed E-state index contributed by atoms with van der Waals surface area (Å²) < 4.78 is 0. The average Bonchev–Trinajstić information content (AvgIpc) is 2.88. The molecule has 4 rings (SSSR count). The number of pyridine rings is 1. The molecule has 1 amide bonds. The molecule has 0 fully saturated rings. The lowest BCUT2D eigenvalue weighted by Gasteiger charge is -2.15. The molecule has 1 aromatic heterocycles. The molecule has 182 valence electrons. The smallest absolute Gasteiger partial charge is 0.255 e. The Morgan fingerprint density at radius 1 is 0.889 bits per heavy atom. The largest absolute Gasteiger partial charge is 0.378 e. The van der Waals surface area contributed by atoms with E-state index in [2.05, 4.69) is 36.8 Å². The van der Waals surface area contributed by atoms with E-state index >= 15 is 0 Å². The molecule has 0 radical (unpaired) electrons. The Balaban J connectivity index is 1.48. The Labute approximate surface area is 209 Å². The monoisotopic (exact) mass is 480 g/mol. The summed E-state index contributed by atoms with van der Waals surface area (Å²) in [6, 6.07) is 22.7. The van der Waals surface area contributed by atoms with Crippen molar-refractivity contribution in [1.29, 1.82) is 0 Å². The number of rotatable bonds is 7. The van der Waals surface area contributed by atoms with Crippen molar-refractivity contribution in [3.05, 3.63) is 90.1 Å². The Bertz CT molecular complexity index is 1450. The maximum absolute atomic E-state index is 12.8. The quantitative estimate of drug-likeness (QED) is 0.177. The van der Waals surface area contributed by atoms with Crippen LogP contribution < -0.4 is 27.0 Å². The highest BCUT2D eigenvalue weighted by Gasteiger charge is 2.09. The number of carbonyl (C=O) groups excluding carboxylic acids is 1. The number of benzene rings is 3. The topological polar surface area (TPSA) is 134 Å². The second-order valence-corrected chi connectivity index (χ2v) is 8.40. The summed E-state index contributed by atoms with van der Waals surface area (Å²) in [7, 11) is 4.02. The lowest BCUT2D eigenvalue weighted by molar-refractivity contribution is 0.102. The van der Waals surface area contributed by atoms with E-state index in [9.17, 15) is 4.79 Å². The number of nitrogens with zero attached hydrogens (tertiary/aromatic N) is 4. The van der Waals surface area contributed by atoms with Crippen molar-refractivity contribution < 1.29 is 4.79 Å². The van der Waals surface area contributed by atoms with Gasteiger partial charge in [0.15, 0.2) is 0 Å². The molecule has 4 aromatic rings. The van der Waals surface area contributed by atoms with E-state index in [-0.39, 0.29) is 11.9 Å². The molecule has 9 nitrogen and oxygen atoms in total. The first-order chi connectivity index (χ1) is 17.3. The maximum Gasteiger partial charge on any atom is 0.255 e. The molecule has 0 unspecified atom stereocenters. The van der Waals surface area contributed by atoms with E-state index in [4.69, 9.17) is 11.5 Å². The Morgan fingerprint density at radius 2 is 1.61 bits per heavy atom. The molecule has 3 aromatic carbocycles. The van der Waals surface area contributed by atoms with Crippen LogP contribution in [-0.2, 0) is 0 Å². The molecule has 0 saturated carbocycles. The standard InChI is InChI=1S/C27H28N8O/c1-17(33-34-27(28)29)18-5-4-6-19(15-18)26(36)32-21-9-7-20(8-10-21)31-25-13-14-30-24-12-11-22(35(2)3)16-23(24)25/h4-16H,1-3H3,(H,30,31)(H,32,36)(H4,28,29,34). The number of aromatic nitrogens is 1. The third-order valence-corrected chi connectivity index (χ3v) is 5.52. The molecular formula is C27H28N8O. The van der Waals surface area contributed by atoms with Crippen LogP contribution in [0.5, 0.6) is 0 Å². The van der Waals surface area contributed by atoms with Gasteiger partial charge in [0.2, 0.25) is 5.96 Å². The molecule has 0 spiro atoms. The zero-order valence-corrected chi connectivity index (χ0v) is 20.4. The van der Waals surface area contributed by atoms with Gasteiger partial charge in [-0.05, 0) is 73.2 Å². The molecular weight excluding hydrogens is 452 g/mol. The molecule has 36 heavy (non-hydrogen) atoms. The average molecular weight is 481 g/mol. The molecule has 0 aliphatic rings. The minimum absolute atomic E-state index is 0.128. The number of fused-ring (bicyclic) bond motifs is 1. The second-order valence-electron chi connectivity index (χ2n) is 8.40. The zero-order valence-electron chi connectivity index (χ0n) is 20.4. The fourth-order valence-corrected chi connectivity index (χ4v) is 3.59. The predicted molar refractivity (Wildman–Crippen MR) is 148 cm³/mol. The van der Waals surface area contributed by atoms with Crippen molar-refractivity contribution in [2.45, 2.75) is 6.92 Å². The highest BCUT2D eigenvalue weighted by molar-refractivity contribution is 6.07. The normalized spacial score (nSPS) is 11.1. The molecule has 1 heterocycles. The highest BCUT2D eigenvalue weighted by atomic mass is 16.1. The molecule has 9 heteroatoms. The highest BCUT2D eigenvalue weighted by Crippen LogP contribution is 2.29. The van der Waals surface area contributed by atoms with Crippen LogP contribution in [0.4, 0.5) is 22.7 Å². The molecule has 0 aliphatic heterocycles. The first-order valence-corrected chi connectivity index (χ1v) is 11.3. The SMILES string of the molecule is CC(=NN=C(N)N)c1cccc(C(=O)Nc2ccc(Nc3ccnc4ccc(N(C)C)cc34)cc2)c1. The summed E-state index contributed by atoms with van der Waals surface area (Å²) in [5.41, 5.74) is 17.0. The van der Waals surface area contributed by atoms with Crippen molar-refractivity contribution in [2.24, 2.45) is 21.7 Å². The molecule has 0 aliphatic carbocycles. The predicted octanol–water partition coefficient (Wildman–Crippen LogP) is 4.29. The van der Waals surface area contributed by atoms with Crippen LogP contribution >= 0.6 is 0 Å². The number of carbonyl (C=O) groups is 1. The van der Waals surface area contributed by atoms with Gasteiger partial charge in [0, 0.05) is 54.0 Å². The molecule has 0 saturated heterocycles. The van der Waals surface area contributed by atoms with E-state index in [0.717, 1.165) is 33.5 Å². The van der Waals surface area contributed by atoms with Crippen LogP contribution in [0.1, 0.15) is 22.8 Å². The minimum atomic E-state index is -0.233. The Morgan fingerprint density at radius 3 is 2.33 bits per heavy atom. The van der Waals surface area contributed by atoms with Gasteiger partial charge < -0.3 is 27.0 Å². The zero-order chi connectivity index (χ0) is 25.7. The van der Waals surface area contributed by atoms with E-state index < -0.39 is 0 Å². The van der Waals surface area contributed by atoms with Gasteiger partial charge in [-0.3, -0.25) is 9.78 Å². The Kier molecular flexibility index (Phi) is 7.10. The number of hydrogen-bond donors (Lipinski definition) is 4. The third kappa shape index (κ3) is 5.76. The Hall–Kier alpha value is -4.92. The molecule has 0 atom stereocenters.